The highest BCUT2D eigenvalue weighted by atomic mass is 16.8. The van der Waals surface area contributed by atoms with Gasteiger partial charge in [0, 0.05) is 6.92 Å². The van der Waals surface area contributed by atoms with Gasteiger partial charge in [0.1, 0.15) is 12.2 Å². The van der Waals surface area contributed by atoms with Gasteiger partial charge in [-0.25, -0.2) is 0 Å². The molecule has 0 N–H and O–H groups in total. The molecule has 162 valence electrons. The molecule has 1 aromatic rings. The van der Waals surface area contributed by atoms with Gasteiger partial charge in [-0.2, -0.15) is 0 Å². The lowest BCUT2D eigenvalue weighted by molar-refractivity contribution is -0.200. The molecule has 7 heteroatoms. The van der Waals surface area contributed by atoms with Crippen LogP contribution in [0.4, 0.5) is 0 Å². The Morgan fingerprint density at radius 2 is 2.00 bits per heavy atom. The molecule has 0 bridgehead atoms. The van der Waals surface area contributed by atoms with Crippen LogP contribution in [0.1, 0.15) is 32.8 Å². The minimum Gasteiger partial charge on any atom is -0.432 e. The predicted octanol–water partition coefficient (Wildman–Crippen LogP) is 3.08. The van der Waals surface area contributed by atoms with Crippen LogP contribution in [-0.2, 0) is 39.9 Å². The Balaban J connectivity index is 1.79. The van der Waals surface area contributed by atoms with Crippen LogP contribution < -0.4 is 0 Å². The van der Waals surface area contributed by atoms with Crippen molar-refractivity contribution in [3.8, 4) is 0 Å². The second-order valence-electron chi connectivity index (χ2n) is 7.72. The standard InChI is InChI=1S/C23H28O7/c1-5-9-18(26-14-16-10-7-6-8-11-16)21-22(30-23(3,4)29-21)20-17(25)12-13-19(28-20)27-15(2)24/h5-8,10-13,18-22H,1,9,14H2,2-4H3/t18-,19?,20?,21-,22+/m1/s1. The zero-order valence-corrected chi connectivity index (χ0v) is 17.5. The van der Waals surface area contributed by atoms with Gasteiger partial charge in [-0.15, -0.1) is 6.58 Å². The summed E-state index contributed by atoms with van der Waals surface area (Å²) in [5.41, 5.74) is 1.02. The molecule has 0 aromatic heterocycles. The van der Waals surface area contributed by atoms with Crippen LogP contribution >= 0.6 is 0 Å². The van der Waals surface area contributed by atoms with E-state index < -0.39 is 42.5 Å². The summed E-state index contributed by atoms with van der Waals surface area (Å²) in [4.78, 5) is 23.9. The van der Waals surface area contributed by atoms with E-state index in [1.165, 1.54) is 19.1 Å². The van der Waals surface area contributed by atoms with E-state index in [1.54, 1.807) is 19.9 Å². The van der Waals surface area contributed by atoms with Gasteiger partial charge < -0.3 is 23.7 Å². The topological polar surface area (TPSA) is 80.3 Å². The summed E-state index contributed by atoms with van der Waals surface area (Å²) in [5.74, 6) is -1.73. The van der Waals surface area contributed by atoms with Gasteiger partial charge in [0.25, 0.3) is 0 Å². The fraction of sp³-hybridized carbons (Fsp3) is 0.478. The molecule has 0 radical (unpaired) electrons. The van der Waals surface area contributed by atoms with Crippen LogP contribution in [0.15, 0.2) is 55.1 Å². The lowest BCUT2D eigenvalue weighted by Crippen LogP contribution is -2.50. The molecule has 0 amide bonds. The average molecular weight is 416 g/mol. The van der Waals surface area contributed by atoms with Gasteiger partial charge in [-0.3, -0.25) is 9.59 Å². The molecule has 5 atom stereocenters. The van der Waals surface area contributed by atoms with Gasteiger partial charge in [0.15, 0.2) is 17.7 Å². The number of carbonyl (C=O) groups excluding carboxylic acids is 2. The van der Waals surface area contributed by atoms with Crippen molar-refractivity contribution in [3.63, 3.8) is 0 Å². The van der Waals surface area contributed by atoms with E-state index in [4.69, 9.17) is 23.7 Å². The number of esters is 1. The first-order chi connectivity index (χ1) is 14.3. The quantitative estimate of drug-likeness (QED) is 0.476. The minimum atomic E-state index is -0.987. The first kappa shape index (κ1) is 22.4. The van der Waals surface area contributed by atoms with E-state index >= 15 is 0 Å². The smallest absolute Gasteiger partial charge is 0.305 e. The Morgan fingerprint density at radius 3 is 2.67 bits per heavy atom. The molecule has 2 heterocycles. The lowest BCUT2D eigenvalue weighted by Gasteiger charge is -2.32. The second-order valence-corrected chi connectivity index (χ2v) is 7.72. The van der Waals surface area contributed by atoms with E-state index in [9.17, 15) is 9.59 Å². The number of benzene rings is 1. The molecule has 0 saturated carbocycles. The van der Waals surface area contributed by atoms with Crippen LogP contribution in [-0.4, -0.2) is 48.2 Å². The van der Waals surface area contributed by atoms with Gasteiger partial charge in [-0.1, -0.05) is 36.4 Å². The van der Waals surface area contributed by atoms with Gasteiger partial charge in [0.2, 0.25) is 6.29 Å². The highest BCUT2D eigenvalue weighted by Gasteiger charge is 2.52. The zero-order chi connectivity index (χ0) is 21.7. The summed E-state index contributed by atoms with van der Waals surface area (Å²) in [5, 5.41) is 0. The molecule has 3 rings (SSSR count). The Hall–Kier alpha value is -2.32. The van der Waals surface area contributed by atoms with Crippen molar-refractivity contribution in [3.05, 3.63) is 60.7 Å². The molecule has 1 aromatic carbocycles. The highest BCUT2D eigenvalue weighted by Crippen LogP contribution is 2.36. The van der Waals surface area contributed by atoms with E-state index in [2.05, 4.69) is 6.58 Å². The molecular formula is C23H28O7. The normalized spacial score (nSPS) is 28.8. The summed E-state index contributed by atoms with van der Waals surface area (Å²) in [6.07, 6.45) is 1.31. The number of rotatable bonds is 8. The maximum absolute atomic E-state index is 12.6. The third-order valence-electron chi connectivity index (χ3n) is 4.80. The maximum atomic E-state index is 12.6. The van der Waals surface area contributed by atoms with E-state index in [0.717, 1.165) is 5.56 Å². The third kappa shape index (κ3) is 5.64. The first-order valence-electron chi connectivity index (χ1n) is 9.96. The summed E-state index contributed by atoms with van der Waals surface area (Å²) in [7, 11) is 0. The largest absolute Gasteiger partial charge is 0.432 e. The Bertz CT molecular complexity index is 786. The molecule has 1 saturated heterocycles. The lowest BCUT2D eigenvalue weighted by atomic mass is 9.97. The van der Waals surface area contributed by atoms with Crippen molar-refractivity contribution in [1.82, 2.24) is 0 Å². The fourth-order valence-electron chi connectivity index (χ4n) is 3.57. The van der Waals surface area contributed by atoms with Crippen molar-refractivity contribution < 1.29 is 33.3 Å². The summed E-state index contributed by atoms with van der Waals surface area (Å²) < 4.78 is 29.1. The van der Waals surface area contributed by atoms with Crippen LogP contribution in [0.2, 0.25) is 0 Å². The van der Waals surface area contributed by atoms with Crippen LogP contribution in [0.25, 0.3) is 0 Å². The van der Waals surface area contributed by atoms with Crippen molar-refractivity contribution in [2.45, 2.75) is 70.3 Å². The third-order valence-corrected chi connectivity index (χ3v) is 4.80. The molecule has 2 aliphatic heterocycles. The van der Waals surface area contributed by atoms with Crippen molar-refractivity contribution in [2.24, 2.45) is 0 Å². The Morgan fingerprint density at radius 1 is 1.27 bits per heavy atom. The van der Waals surface area contributed by atoms with Crippen molar-refractivity contribution in [2.75, 3.05) is 0 Å². The number of hydrogen-bond donors (Lipinski definition) is 0. The van der Waals surface area contributed by atoms with Gasteiger partial charge in [-0.05, 0) is 38.0 Å². The first-order valence-corrected chi connectivity index (χ1v) is 9.96. The van der Waals surface area contributed by atoms with E-state index in [1.807, 2.05) is 30.3 Å². The summed E-state index contributed by atoms with van der Waals surface area (Å²) in [6.45, 7) is 9.02. The average Bonchev–Trinajstić information content (AvgIpc) is 3.02. The minimum absolute atomic E-state index is 0.282. The molecule has 2 aliphatic rings. The maximum Gasteiger partial charge on any atom is 0.305 e. The molecule has 30 heavy (non-hydrogen) atoms. The molecule has 0 aliphatic carbocycles. The van der Waals surface area contributed by atoms with Crippen molar-refractivity contribution >= 4 is 11.8 Å². The monoisotopic (exact) mass is 416 g/mol. The molecule has 2 unspecified atom stereocenters. The SMILES string of the molecule is C=CC[C@@H](OCc1ccccc1)[C@H]1OC(C)(C)O[C@H]1C1OC(OC(C)=O)C=CC1=O. The molecule has 7 nitrogen and oxygen atoms in total. The molecule has 0 spiro atoms. The molecule has 1 fully saturated rings. The van der Waals surface area contributed by atoms with E-state index in [0.29, 0.717) is 13.0 Å². The number of ketones is 1. The second kappa shape index (κ2) is 9.66. The Labute approximate surface area is 176 Å². The van der Waals surface area contributed by atoms with Crippen molar-refractivity contribution in [1.29, 1.82) is 0 Å². The van der Waals surface area contributed by atoms with Crippen LogP contribution in [0, 0.1) is 0 Å². The number of carbonyl (C=O) groups is 2. The van der Waals surface area contributed by atoms with Crippen LogP contribution in [0.5, 0.6) is 0 Å². The van der Waals surface area contributed by atoms with E-state index in [-0.39, 0.29) is 5.78 Å². The number of hydrogen-bond acceptors (Lipinski definition) is 7. The molecular weight excluding hydrogens is 388 g/mol. The zero-order valence-electron chi connectivity index (χ0n) is 17.5. The summed E-state index contributed by atoms with van der Waals surface area (Å²) >= 11 is 0. The number of ether oxygens (including phenoxy) is 5. The Kier molecular flexibility index (Phi) is 7.20. The highest BCUT2D eigenvalue weighted by molar-refractivity contribution is 5.95. The summed E-state index contributed by atoms with van der Waals surface area (Å²) in [6, 6.07) is 9.77. The fourth-order valence-corrected chi connectivity index (χ4v) is 3.57. The van der Waals surface area contributed by atoms with Gasteiger partial charge >= 0.3 is 5.97 Å². The van der Waals surface area contributed by atoms with Gasteiger partial charge in [0.05, 0.1) is 12.7 Å². The van der Waals surface area contributed by atoms with Crippen LogP contribution in [0.3, 0.4) is 0 Å². The predicted molar refractivity (Wildman–Crippen MR) is 108 cm³/mol.